The van der Waals surface area contributed by atoms with Crippen LogP contribution in [0, 0.1) is 6.92 Å². The van der Waals surface area contributed by atoms with Crippen LogP contribution in [0.4, 0.5) is 5.13 Å². The molecule has 0 fully saturated rings. The van der Waals surface area contributed by atoms with Crippen molar-refractivity contribution in [2.24, 2.45) is 0 Å². The molecule has 0 saturated heterocycles. The Hall–Kier alpha value is -1.51. The van der Waals surface area contributed by atoms with Crippen molar-refractivity contribution in [3.05, 3.63) is 38.8 Å². The van der Waals surface area contributed by atoms with Gasteiger partial charge in [0.05, 0.1) is 20.1 Å². The number of nitrogens with one attached hydrogen (secondary N) is 1. The van der Waals surface area contributed by atoms with Crippen LogP contribution in [0.25, 0.3) is 10.6 Å². The fraction of sp³-hybridized carbons (Fsp3) is 0.267. The first-order valence-electron chi connectivity index (χ1n) is 7.03. The lowest BCUT2D eigenvalue weighted by Gasteiger charge is -2.09. The predicted molar refractivity (Wildman–Crippen MR) is 98.4 cm³/mol. The van der Waals surface area contributed by atoms with Crippen LogP contribution >= 0.6 is 38.6 Å². The highest BCUT2D eigenvalue weighted by Crippen LogP contribution is 2.33. The molecule has 0 atom stereocenters. The summed E-state index contributed by atoms with van der Waals surface area (Å²) in [5.41, 5.74) is 2.25. The van der Waals surface area contributed by atoms with Crippen molar-refractivity contribution in [3.8, 4) is 10.6 Å². The number of carbonyl (C=O) groups is 1. The predicted octanol–water partition coefficient (Wildman–Crippen LogP) is 4.97. The summed E-state index contributed by atoms with van der Waals surface area (Å²) in [7, 11) is 0. The van der Waals surface area contributed by atoms with Crippen LogP contribution in [-0.2, 0) is 0 Å². The van der Waals surface area contributed by atoms with Gasteiger partial charge in [0, 0.05) is 11.4 Å². The molecule has 0 aliphatic rings. The Morgan fingerprint density at radius 2 is 2.17 bits per heavy atom. The number of thiazole rings is 1. The number of halogens is 1. The van der Waals surface area contributed by atoms with Crippen LogP contribution in [0.5, 0.6) is 0 Å². The average Bonchev–Trinajstić information content (AvgIpc) is 3.18. The van der Waals surface area contributed by atoms with Gasteiger partial charge in [-0.05, 0) is 54.9 Å². The second-order valence-electron chi connectivity index (χ2n) is 5.31. The van der Waals surface area contributed by atoms with Gasteiger partial charge < -0.3 is 0 Å². The first kappa shape index (κ1) is 16.4. The standard InChI is InChI=1S/C15H15BrN4OS2/c1-8(2)20-11(6-9(3)19-20)14(21)18-15-17-10(7-22-15)12-4-5-13(16)23-12/h4-8H,1-3H3,(H,17,18,21). The summed E-state index contributed by atoms with van der Waals surface area (Å²) in [6.07, 6.45) is 0. The molecular formula is C15H15BrN4OS2. The smallest absolute Gasteiger partial charge is 0.275 e. The molecule has 3 aromatic heterocycles. The van der Waals surface area contributed by atoms with E-state index in [1.54, 1.807) is 22.1 Å². The van der Waals surface area contributed by atoms with E-state index < -0.39 is 0 Å². The number of amides is 1. The second-order valence-corrected chi connectivity index (χ2v) is 8.63. The fourth-order valence-corrected chi connectivity index (χ4v) is 4.26. The maximum Gasteiger partial charge on any atom is 0.275 e. The Labute approximate surface area is 150 Å². The molecule has 0 spiro atoms. The van der Waals surface area contributed by atoms with Gasteiger partial charge in [0.15, 0.2) is 5.13 Å². The van der Waals surface area contributed by atoms with Crippen molar-refractivity contribution >= 4 is 49.6 Å². The minimum atomic E-state index is -0.187. The van der Waals surface area contributed by atoms with Crippen LogP contribution in [-0.4, -0.2) is 20.7 Å². The molecule has 0 aliphatic heterocycles. The largest absolute Gasteiger partial charge is 0.296 e. The van der Waals surface area contributed by atoms with Crippen LogP contribution < -0.4 is 5.32 Å². The monoisotopic (exact) mass is 410 g/mol. The quantitative estimate of drug-likeness (QED) is 0.659. The van der Waals surface area contributed by atoms with Crippen molar-refractivity contribution in [2.75, 3.05) is 5.32 Å². The molecule has 3 heterocycles. The van der Waals surface area contributed by atoms with Gasteiger partial charge in [0.2, 0.25) is 0 Å². The zero-order valence-corrected chi connectivity index (χ0v) is 16.1. The number of rotatable bonds is 4. The van der Waals surface area contributed by atoms with E-state index in [9.17, 15) is 4.79 Å². The highest BCUT2D eigenvalue weighted by molar-refractivity contribution is 9.11. The average molecular weight is 411 g/mol. The van der Waals surface area contributed by atoms with Gasteiger partial charge in [-0.15, -0.1) is 22.7 Å². The van der Waals surface area contributed by atoms with E-state index in [1.165, 1.54) is 11.3 Å². The number of hydrogen-bond donors (Lipinski definition) is 1. The molecule has 1 N–H and O–H groups in total. The maximum absolute atomic E-state index is 12.5. The molecule has 0 bridgehead atoms. The summed E-state index contributed by atoms with van der Waals surface area (Å²) in [6, 6.07) is 5.91. The number of carbonyl (C=O) groups excluding carboxylic acids is 1. The Bertz CT molecular complexity index is 849. The van der Waals surface area contributed by atoms with Crippen molar-refractivity contribution < 1.29 is 4.79 Å². The molecule has 120 valence electrons. The van der Waals surface area contributed by atoms with Crippen molar-refractivity contribution in [1.82, 2.24) is 14.8 Å². The number of nitrogens with zero attached hydrogens (tertiary/aromatic N) is 3. The molecule has 0 unspecified atom stereocenters. The topological polar surface area (TPSA) is 59.8 Å². The van der Waals surface area contributed by atoms with E-state index in [1.807, 2.05) is 38.3 Å². The molecule has 5 nitrogen and oxygen atoms in total. The molecule has 1 amide bonds. The molecular weight excluding hydrogens is 396 g/mol. The molecule has 3 aromatic rings. The summed E-state index contributed by atoms with van der Waals surface area (Å²) in [6.45, 7) is 5.88. The third-order valence-corrected chi connectivity index (χ3v) is 5.53. The lowest BCUT2D eigenvalue weighted by atomic mass is 10.3. The normalized spacial score (nSPS) is 11.2. The fourth-order valence-electron chi connectivity index (χ4n) is 2.14. The maximum atomic E-state index is 12.5. The molecule has 0 radical (unpaired) electrons. The summed E-state index contributed by atoms with van der Waals surface area (Å²) in [4.78, 5) is 18.0. The molecule has 0 saturated carbocycles. The van der Waals surface area contributed by atoms with E-state index in [0.29, 0.717) is 10.8 Å². The second kappa shape index (κ2) is 6.54. The number of aryl methyl sites for hydroxylation is 1. The lowest BCUT2D eigenvalue weighted by Crippen LogP contribution is -2.18. The highest BCUT2D eigenvalue weighted by Gasteiger charge is 2.17. The van der Waals surface area contributed by atoms with Crippen molar-refractivity contribution in [1.29, 1.82) is 0 Å². The molecule has 8 heteroatoms. The van der Waals surface area contributed by atoms with Crippen LogP contribution in [0.15, 0.2) is 27.4 Å². The van der Waals surface area contributed by atoms with E-state index >= 15 is 0 Å². The van der Waals surface area contributed by atoms with E-state index in [2.05, 4.69) is 31.3 Å². The zero-order chi connectivity index (χ0) is 16.6. The van der Waals surface area contributed by atoms with Gasteiger partial charge in [-0.25, -0.2) is 4.98 Å². The Morgan fingerprint density at radius 1 is 1.39 bits per heavy atom. The van der Waals surface area contributed by atoms with E-state index in [-0.39, 0.29) is 11.9 Å². The van der Waals surface area contributed by atoms with Crippen molar-refractivity contribution in [2.45, 2.75) is 26.8 Å². The summed E-state index contributed by atoms with van der Waals surface area (Å²) in [5.74, 6) is -0.187. The lowest BCUT2D eigenvalue weighted by molar-refractivity contribution is 0.101. The minimum absolute atomic E-state index is 0.125. The molecule has 3 rings (SSSR count). The molecule has 0 aromatic carbocycles. The number of hydrogen-bond acceptors (Lipinski definition) is 5. The third kappa shape index (κ3) is 3.54. The van der Waals surface area contributed by atoms with Gasteiger partial charge in [0.25, 0.3) is 5.91 Å². The van der Waals surface area contributed by atoms with Gasteiger partial charge in [-0.3, -0.25) is 14.8 Å². The van der Waals surface area contributed by atoms with Gasteiger partial charge in [-0.1, -0.05) is 0 Å². The molecule has 23 heavy (non-hydrogen) atoms. The zero-order valence-electron chi connectivity index (χ0n) is 12.8. The number of anilines is 1. The summed E-state index contributed by atoms with van der Waals surface area (Å²) < 4.78 is 2.79. The van der Waals surface area contributed by atoms with Crippen LogP contribution in [0.2, 0.25) is 0 Å². The summed E-state index contributed by atoms with van der Waals surface area (Å²) in [5, 5.41) is 9.76. The van der Waals surface area contributed by atoms with Crippen LogP contribution in [0.3, 0.4) is 0 Å². The van der Waals surface area contributed by atoms with Crippen molar-refractivity contribution in [3.63, 3.8) is 0 Å². The SMILES string of the molecule is Cc1cc(C(=O)Nc2nc(-c3ccc(Br)s3)cs2)n(C(C)C)n1. The Kier molecular flexibility index (Phi) is 4.65. The van der Waals surface area contributed by atoms with Crippen LogP contribution in [0.1, 0.15) is 36.1 Å². The third-order valence-electron chi connectivity index (χ3n) is 3.13. The molecule has 0 aliphatic carbocycles. The summed E-state index contributed by atoms with van der Waals surface area (Å²) >= 11 is 6.48. The number of thiophene rings is 1. The van der Waals surface area contributed by atoms with E-state index in [0.717, 1.165) is 20.1 Å². The Balaban J connectivity index is 1.80. The van der Waals surface area contributed by atoms with Gasteiger partial charge >= 0.3 is 0 Å². The Morgan fingerprint density at radius 3 is 2.83 bits per heavy atom. The first-order valence-corrected chi connectivity index (χ1v) is 9.51. The highest BCUT2D eigenvalue weighted by atomic mass is 79.9. The van der Waals surface area contributed by atoms with Gasteiger partial charge in [0.1, 0.15) is 5.69 Å². The first-order chi connectivity index (χ1) is 10.9. The minimum Gasteiger partial charge on any atom is -0.296 e. The van der Waals surface area contributed by atoms with E-state index in [4.69, 9.17) is 0 Å². The van der Waals surface area contributed by atoms with Gasteiger partial charge in [-0.2, -0.15) is 5.10 Å². The number of aromatic nitrogens is 3.